The van der Waals surface area contributed by atoms with Crippen molar-refractivity contribution in [3.05, 3.63) is 97.2 Å². The second-order valence-corrected chi connectivity index (χ2v) is 15.3. The van der Waals surface area contributed by atoms with Gasteiger partial charge in [0.05, 0.1) is 6.61 Å². The van der Waals surface area contributed by atoms with Crippen molar-refractivity contribution in [1.82, 2.24) is 0 Å². The van der Waals surface area contributed by atoms with Gasteiger partial charge >= 0.3 is 11.9 Å². The lowest BCUT2D eigenvalue weighted by Gasteiger charge is -2.18. The molecule has 0 amide bonds. The van der Waals surface area contributed by atoms with Gasteiger partial charge in [-0.25, -0.2) is 0 Å². The summed E-state index contributed by atoms with van der Waals surface area (Å²) in [4.78, 5) is 25.2. The Bertz CT molecular complexity index is 1140. The molecule has 0 saturated heterocycles. The molecule has 1 unspecified atom stereocenters. The summed E-state index contributed by atoms with van der Waals surface area (Å²) in [6, 6.07) is 0. The fraction of sp³-hybridized carbons (Fsp3) is 0.660. The Kier molecular flexibility index (Phi) is 45.5. The standard InChI is InChI=1S/C53H88O5/c1-4-7-10-13-16-19-21-23-25-27-28-30-32-35-37-40-43-46-52(54)57-50-51(58-53(55)47-44-41-38-34-18-15-12-9-6-3)49-56-48-45-42-39-36-33-31-29-26-24-22-20-17-14-11-8-5-2/h7-8,10-11,16-17,19-20,23-26,28,30-31,33,51H,4-6,9,12-15,18,21-22,27,29,32,34-50H2,1-3H3/b10-7-,11-8-,19-16-,20-17-,25-23-,26-24-,30-28-,33-31-. The van der Waals surface area contributed by atoms with Crippen LogP contribution < -0.4 is 0 Å². The highest BCUT2D eigenvalue weighted by molar-refractivity contribution is 5.70. The van der Waals surface area contributed by atoms with E-state index in [-0.39, 0.29) is 25.2 Å². The van der Waals surface area contributed by atoms with Crippen LogP contribution in [0.1, 0.15) is 201 Å². The van der Waals surface area contributed by atoms with Gasteiger partial charge in [0.1, 0.15) is 6.61 Å². The van der Waals surface area contributed by atoms with E-state index in [2.05, 4.69) is 118 Å². The second kappa shape index (κ2) is 48.2. The molecule has 0 bridgehead atoms. The van der Waals surface area contributed by atoms with Crippen LogP contribution in [0.3, 0.4) is 0 Å². The van der Waals surface area contributed by atoms with Crippen LogP contribution in [0.25, 0.3) is 0 Å². The second-order valence-electron chi connectivity index (χ2n) is 15.3. The Morgan fingerprint density at radius 1 is 0.397 bits per heavy atom. The van der Waals surface area contributed by atoms with Crippen LogP contribution in [-0.2, 0) is 23.8 Å². The molecule has 0 aliphatic carbocycles. The van der Waals surface area contributed by atoms with E-state index in [0.717, 1.165) is 128 Å². The minimum Gasteiger partial charge on any atom is -0.462 e. The van der Waals surface area contributed by atoms with Crippen molar-refractivity contribution in [3.8, 4) is 0 Å². The van der Waals surface area contributed by atoms with E-state index in [9.17, 15) is 9.59 Å². The predicted octanol–water partition coefficient (Wildman–Crippen LogP) is 15.9. The molecule has 0 aromatic carbocycles. The van der Waals surface area contributed by atoms with Gasteiger partial charge in [-0.1, -0.05) is 189 Å². The van der Waals surface area contributed by atoms with Crippen LogP contribution in [0, 0.1) is 0 Å². The Morgan fingerprint density at radius 3 is 1.24 bits per heavy atom. The zero-order chi connectivity index (χ0) is 42.1. The molecule has 330 valence electrons. The lowest BCUT2D eigenvalue weighted by molar-refractivity contribution is -0.163. The Labute approximate surface area is 358 Å². The van der Waals surface area contributed by atoms with Crippen molar-refractivity contribution in [3.63, 3.8) is 0 Å². The summed E-state index contributed by atoms with van der Waals surface area (Å²) in [6.07, 6.45) is 64.1. The van der Waals surface area contributed by atoms with Crippen molar-refractivity contribution < 1.29 is 23.8 Å². The van der Waals surface area contributed by atoms with Crippen LogP contribution in [0.2, 0.25) is 0 Å². The summed E-state index contributed by atoms with van der Waals surface area (Å²) in [7, 11) is 0. The minimum atomic E-state index is -0.564. The van der Waals surface area contributed by atoms with E-state index in [1.165, 1.54) is 38.5 Å². The van der Waals surface area contributed by atoms with E-state index in [1.54, 1.807) is 0 Å². The largest absolute Gasteiger partial charge is 0.462 e. The number of ether oxygens (including phenoxy) is 3. The van der Waals surface area contributed by atoms with E-state index >= 15 is 0 Å². The maximum atomic E-state index is 12.7. The van der Waals surface area contributed by atoms with E-state index in [0.29, 0.717) is 19.4 Å². The first-order chi connectivity index (χ1) is 28.6. The van der Waals surface area contributed by atoms with Gasteiger partial charge < -0.3 is 14.2 Å². The van der Waals surface area contributed by atoms with E-state index in [4.69, 9.17) is 14.2 Å². The molecule has 1 atom stereocenters. The highest BCUT2D eigenvalue weighted by atomic mass is 16.6. The highest BCUT2D eigenvalue weighted by Gasteiger charge is 2.17. The molecule has 0 spiro atoms. The molecular weight excluding hydrogens is 717 g/mol. The van der Waals surface area contributed by atoms with Gasteiger partial charge in [0.25, 0.3) is 0 Å². The topological polar surface area (TPSA) is 61.8 Å². The zero-order valence-electron chi connectivity index (χ0n) is 37.8. The van der Waals surface area contributed by atoms with Crippen molar-refractivity contribution in [2.45, 2.75) is 207 Å². The lowest BCUT2D eigenvalue weighted by Crippen LogP contribution is -2.30. The first-order valence-corrected chi connectivity index (χ1v) is 23.8. The first kappa shape index (κ1) is 54.8. The van der Waals surface area contributed by atoms with Crippen molar-refractivity contribution in [2.75, 3.05) is 19.8 Å². The fourth-order valence-corrected chi connectivity index (χ4v) is 6.14. The maximum Gasteiger partial charge on any atom is 0.306 e. The molecule has 5 heteroatoms. The molecule has 0 heterocycles. The summed E-state index contributed by atoms with van der Waals surface area (Å²) in [5.41, 5.74) is 0. The number of carbonyl (C=O) groups excluding carboxylic acids is 2. The number of esters is 2. The molecule has 0 fully saturated rings. The fourth-order valence-electron chi connectivity index (χ4n) is 6.14. The zero-order valence-corrected chi connectivity index (χ0v) is 37.8. The van der Waals surface area contributed by atoms with Gasteiger partial charge in [0.15, 0.2) is 6.10 Å². The van der Waals surface area contributed by atoms with E-state index < -0.39 is 6.10 Å². The number of carbonyl (C=O) groups is 2. The molecule has 0 saturated carbocycles. The van der Waals surface area contributed by atoms with Gasteiger partial charge in [-0.15, -0.1) is 0 Å². The number of rotatable bonds is 42. The highest BCUT2D eigenvalue weighted by Crippen LogP contribution is 2.13. The SMILES string of the molecule is CC/C=C\C/C=C\C/C=C\C/C=C\CCCCCCC(=O)OCC(COCCCCC/C=C\C/C=C\C/C=C\C/C=C\CC)OC(=O)CCCCCCCCCCC. The van der Waals surface area contributed by atoms with Crippen LogP contribution >= 0.6 is 0 Å². The number of unbranched alkanes of at least 4 members (excludes halogenated alkanes) is 15. The Balaban J connectivity index is 4.33. The molecule has 0 rings (SSSR count). The molecule has 0 N–H and O–H groups in total. The number of hydrogen-bond donors (Lipinski definition) is 0. The quantitative estimate of drug-likeness (QED) is 0.0349. The average molecular weight is 805 g/mol. The average Bonchev–Trinajstić information content (AvgIpc) is 3.22. The van der Waals surface area contributed by atoms with Gasteiger partial charge in [-0.05, 0) is 96.3 Å². The third kappa shape index (κ3) is 45.5. The Morgan fingerprint density at radius 2 is 0.776 bits per heavy atom. The molecule has 0 aromatic rings. The summed E-state index contributed by atoms with van der Waals surface area (Å²) in [5.74, 6) is -0.450. The van der Waals surface area contributed by atoms with Gasteiger partial charge in [0.2, 0.25) is 0 Å². The summed E-state index contributed by atoms with van der Waals surface area (Å²) >= 11 is 0. The van der Waals surface area contributed by atoms with Crippen molar-refractivity contribution in [2.24, 2.45) is 0 Å². The van der Waals surface area contributed by atoms with Gasteiger partial charge in [0, 0.05) is 19.4 Å². The monoisotopic (exact) mass is 805 g/mol. The summed E-state index contributed by atoms with van der Waals surface area (Å²) < 4.78 is 17.3. The van der Waals surface area contributed by atoms with Crippen LogP contribution in [-0.4, -0.2) is 37.9 Å². The summed E-state index contributed by atoms with van der Waals surface area (Å²) in [5, 5.41) is 0. The third-order valence-corrected chi connectivity index (χ3v) is 9.62. The predicted molar refractivity (Wildman–Crippen MR) is 251 cm³/mol. The smallest absolute Gasteiger partial charge is 0.306 e. The van der Waals surface area contributed by atoms with Gasteiger partial charge in [-0.2, -0.15) is 0 Å². The van der Waals surface area contributed by atoms with E-state index in [1.807, 2.05) is 0 Å². The lowest BCUT2D eigenvalue weighted by atomic mass is 10.1. The molecule has 0 aliphatic rings. The van der Waals surface area contributed by atoms with Crippen molar-refractivity contribution >= 4 is 11.9 Å². The Hall–Kier alpha value is -3.18. The van der Waals surface area contributed by atoms with Crippen molar-refractivity contribution in [1.29, 1.82) is 0 Å². The van der Waals surface area contributed by atoms with Crippen LogP contribution in [0.4, 0.5) is 0 Å². The molecular formula is C53H88O5. The van der Waals surface area contributed by atoms with Crippen LogP contribution in [0.5, 0.6) is 0 Å². The summed E-state index contributed by atoms with van der Waals surface area (Å²) in [6.45, 7) is 7.47. The number of allylic oxidation sites excluding steroid dienone is 16. The first-order valence-electron chi connectivity index (χ1n) is 23.8. The van der Waals surface area contributed by atoms with Gasteiger partial charge in [-0.3, -0.25) is 9.59 Å². The maximum absolute atomic E-state index is 12.7. The molecule has 5 nitrogen and oxygen atoms in total. The molecule has 0 radical (unpaired) electrons. The number of hydrogen-bond acceptors (Lipinski definition) is 5. The molecule has 0 aromatic heterocycles. The third-order valence-electron chi connectivity index (χ3n) is 9.62. The molecule has 0 aliphatic heterocycles. The normalized spacial score (nSPS) is 13.1. The minimum absolute atomic E-state index is 0.0556. The van der Waals surface area contributed by atoms with Crippen LogP contribution in [0.15, 0.2) is 97.2 Å². The molecule has 58 heavy (non-hydrogen) atoms.